The molecule has 0 aliphatic heterocycles. The molecule has 108 valence electrons. The van der Waals surface area contributed by atoms with Crippen molar-refractivity contribution in [3.63, 3.8) is 0 Å². The zero-order valence-electron chi connectivity index (χ0n) is 12.9. The second-order valence-electron chi connectivity index (χ2n) is 3.66. The zero-order valence-corrected chi connectivity index (χ0v) is 12.9. The van der Waals surface area contributed by atoms with E-state index in [1.807, 2.05) is 21.1 Å². The minimum Gasteiger partial charge on any atom is -0.383 e. The Kier molecular flexibility index (Phi) is 38.5. The van der Waals surface area contributed by atoms with Crippen LogP contribution in [0.15, 0.2) is 0 Å². The third-order valence-electron chi connectivity index (χ3n) is 1.84. The molecule has 0 bridgehead atoms. The highest BCUT2D eigenvalue weighted by atomic mass is 16.5. The van der Waals surface area contributed by atoms with Crippen molar-refractivity contribution in [3.8, 4) is 0 Å². The average Bonchev–Trinajstić information content (AvgIpc) is 2.36. The average molecular weight is 249 g/mol. The molecule has 0 aromatic heterocycles. The largest absolute Gasteiger partial charge is 0.383 e. The molecular formula is C13H35N3O. The van der Waals surface area contributed by atoms with Gasteiger partial charge in [-0.05, 0) is 47.1 Å². The monoisotopic (exact) mass is 249 g/mol. The van der Waals surface area contributed by atoms with Gasteiger partial charge in [-0.3, -0.25) is 0 Å². The van der Waals surface area contributed by atoms with Crippen molar-refractivity contribution in [2.24, 2.45) is 0 Å². The van der Waals surface area contributed by atoms with Crippen LogP contribution in [0, 0.1) is 0 Å². The molecule has 17 heavy (non-hydrogen) atoms. The van der Waals surface area contributed by atoms with Crippen molar-refractivity contribution in [2.45, 2.75) is 33.1 Å². The van der Waals surface area contributed by atoms with Crippen LogP contribution < -0.4 is 16.0 Å². The van der Waals surface area contributed by atoms with Gasteiger partial charge in [-0.2, -0.15) is 0 Å². The Balaban J connectivity index is -0.000000174. The molecule has 0 amide bonds. The summed E-state index contributed by atoms with van der Waals surface area (Å²) in [6.45, 7) is 8.39. The summed E-state index contributed by atoms with van der Waals surface area (Å²) in [6.07, 6.45) is 3.83. The topological polar surface area (TPSA) is 45.3 Å². The van der Waals surface area contributed by atoms with Crippen LogP contribution in [0.1, 0.15) is 33.1 Å². The Morgan fingerprint density at radius 1 is 0.765 bits per heavy atom. The number of unbranched alkanes of at least 4 members (excludes halogenated alkanes) is 1. The molecule has 4 heteroatoms. The molecule has 3 N–H and O–H groups in total. The minimum atomic E-state index is 0.802. The van der Waals surface area contributed by atoms with E-state index in [0.717, 1.165) is 26.2 Å². The van der Waals surface area contributed by atoms with Gasteiger partial charge in [-0.15, -0.1) is 0 Å². The maximum atomic E-state index is 4.72. The Labute approximate surface area is 109 Å². The molecule has 0 aliphatic rings. The number of hydrogen-bond acceptors (Lipinski definition) is 4. The summed E-state index contributed by atoms with van der Waals surface area (Å²) in [4.78, 5) is 0. The van der Waals surface area contributed by atoms with E-state index in [1.165, 1.54) is 19.3 Å². The van der Waals surface area contributed by atoms with Crippen molar-refractivity contribution >= 4 is 0 Å². The molecule has 0 aromatic carbocycles. The molecule has 0 fully saturated rings. The van der Waals surface area contributed by atoms with Crippen molar-refractivity contribution in [1.29, 1.82) is 0 Å². The summed E-state index contributed by atoms with van der Waals surface area (Å²) in [5.74, 6) is 0. The maximum absolute atomic E-state index is 4.72. The molecule has 0 aliphatic carbocycles. The fraction of sp³-hybridized carbons (Fsp3) is 1.00. The number of hydrogen-bond donors (Lipinski definition) is 3. The van der Waals surface area contributed by atoms with Crippen LogP contribution in [-0.2, 0) is 4.74 Å². The van der Waals surface area contributed by atoms with E-state index >= 15 is 0 Å². The van der Waals surface area contributed by atoms with Crippen LogP contribution in [0.5, 0.6) is 0 Å². The SMILES string of the molecule is CCCCNC.CCCNC.CNCCOC. The Morgan fingerprint density at radius 2 is 1.29 bits per heavy atom. The van der Waals surface area contributed by atoms with Crippen LogP contribution in [0.25, 0.3) is 0 Å². The molecule has 0 unspecified atom stereocenters. The van der Waals surface area contributed by atoms with Crippen LogP contribution in [0.4, 0.5) is 0 Å². The van der Waals surface area contributed by atoms with Gasteiger partial charge in [0.25, 0.3) is 0 Å². The van der Waals surface area contributed by atoms with Crippen LogP contribution in [0.2, 0.25) is 0 Å². The summed E-state index contributed by atoms with van der Waals surface area (Å²) in [5, 5.41) is 9.03. The highest BCUT2D eigenvalue weighted by Gasteiger charge is 1.73. The Hall–Kier alpha value is -0.160. The normalized spacial score (nSPS) is 8.82. The lowest BCUT2D eigenvalue weighted by atomic mass is 10.3. The van der Waals surface area contributed by atoms with E-state index in [0.29, 0.717) is 0 Å². The van der Waals surface area contributed by atoms with E-state index in [9.17, 15) is 0 Å². The molecule has 0 radical (unpaired) electrons. The number of methoxy groups -OCH3 is 1. The first-order valence-electron chi connectivity index (χ1n) is 6.67. The molecule has 0 atom stereocenters. The lowest BCUT2D eigenvalue weighted by Crippen LogP contribution is -2.12. The van der Waals surface area contributed by atoms with Crippen molar-refractivity contribution in [3.05, 3.63) is 0 Å². The molecule has 4 nitrogen and oxygen atoms in total. The van der Waals surface area contributed by atoms with E-state index in [1.54, 1.807) is 7.11 Å². The summed E-state index contributed by atoms with van der Waals surface area (Å²) in [6, 6.07) is 0. The van der Waals surface area contributed by atoms with Crippen LogP contribution >= 0.6 is 0 Å². The van der Waals surface area contributed by atoms with E-state index < -0.39 is 0 Å². The van der Waals surface area contributed by atoms with E-state index in [4.69, 9.17) is 4.74 Å². The van der Waals surface area contributed by atoms with Gasteiger partial charge in [0.2, 0.25) is 0 Å². The zero-order chi connectivity index (χ0) is 13.8. The van der Waals surface area contributed by atoms with Gasteiger partial charge in [0, 0.05) is 13.7 Å². The fourth-order valence-electron chi connectivity index (χ4n) is 0.808. The smallest absolute Gasteiger partial charge is 0.0587 e. The van der Waals surface area contributed by atoms with Crippen molar-refractivity contribution < 1.29 is 4.74 Å². The molecule has 0 saturated heterocycles. The van der Waals surface area contributed by atoms with Gasteiger partial charge in [0.1, 0.15) is 0 Å². The van der Waals surface area contributed by atoms with Gasteiger partial charge in [0.15, 0.2) is 0 Å². The Morgan fingerprint density at radius 3 is 1.41 bits per heavy atom. The lowest BCUT2D eigenvalue weighted by molar-refractivity contribution is 0.201. The first-order valence-corrected chi connectivity index (χ1v) is 6.67. The standard InChI is InChI=1S/C5H13N.C4H11NO.C4H11N/c1-3-4-5-6-2;1-5-3-4-6-2;1-3-4-5-2/h6H,3-5H2,1-2H3;5H,3-4H2,1-2H3;5H,3-4H2,1-2H3. The maximum Gasteiger partial charge on any atom is 0.0587 e. The molecule has 0 rings (SSSR count). The summed E-state index contributed by atoms with van der Waals surface area (Å²) >= 11 is 0. The summed E-state index contributed by atoms with van der Waals surface area (Å²) < 4.78 is 4.72. The molecule has 0 heterocycles. The van der Waals surface area contributed by atoms with Crippen molar-refractivity contribution in [2.75, 3.05) is 54.5 Å². The number of rotatable bonds is 8. The van der Waals surface area contributed by atoms with Gasteiger partial charge in [-0.1, -0.05) is 20.3 Å². The quantitative estimate of drug-likeness (QED) is 0.570. The second-order valence-corrected chi connectivity index (χ2v) is 3.66. The number of likely N-dealkylation sites (N-methyl/N-ethyl adjacent to an activating group) is 1. The predicted octanol–water partition coefficient (Wildman–Crippen LogP) is 1.47. The van der Waals surface area contributed by atoms with Gasteiger partial charge in [-0.25, -0.2) is 0 Å². The van der Waals surface area contributed by atoms with Gasteiger partial charge in [0.05, 0.1) is 6.61 Å². The summed E-state index contributed by atoms with van der Waals surface area (Å²) in [5.41, 5.74) is 0. The molecule has 0 saturated carbocycles. The third-order valence-corrected chi connectivity index (χ3v) is 1.84. The van der Waals surface area contributed by atoms with Crippen molar-refractivity contribution in [1.82, 2.24) is 16.0 Å². The molecule has 0 spiro atoms. The van der Waals surface area contributed by atoms with E-state index in [-0.39, 0.29) is 0 Å². The second kappa shape index (κ2) is 29.7. The first-order chi connectivity index (χ1) is 8.24. The van der Waals surface area contributed by atoms with Crippen LogP contribution in [0.3, 0.4) is 0 Å². The predicted molar refractivity (Wildman–Crippen MR) is 78.9 cm³/mol. The van der Waals surface area contributed by atoms with Gasteiger partial charge >= 0.3 is 0 Å². The molecule has 0 aromatic rings. The first kappa shape index (κ1) is 22.1. The number of ether oxygens (including phenoxy) is 1. The minimum absolute atomic E-state index is 0.802. The Bertz CT molecular complexity index is 74.7. The fourth-order valence-corrected chi connectivity index (χ4v) is 0.808. The van der Waals surface area contributed by atoms with Gasteiger partial charge < -0.3 is 20.7 Å². The highest BCUT2D eigenvalue weighted by molar-refractivity contribution is 4.34. The summed E-state index contributed by atoms with van der Waals surface area (Å²) in [7, 11) is 7.54. The molecular weight excluding hydrogens is 214 g/mol. The highest BCUT2D eigenvalue weighted by Crippen LogP contribution is 1.79. The third kappa shape index (κ3) is 49.4. The van der Waals surface area contributed by atoms with E-state index in [2.05, 4.69) is 29.8 Å². The number of nitrogens with one attached hydrogen (secondary N) is 3. The lowest BCUT2D eigenvalue weighted by Gasteiger charge is -1.92. The van der Waals surface area contributed by atoms with Crippen LogP contribution in [-0.4, -0.2) is 54.5 Å².